The molecule has 0 amide bonds. The predicted octanol–water partition coefficient (Wildman–Crippen LogP) is 8.33. The van der Waals surface area contributed by atoms with Crippen LogP contribution >= 0.6 is 0 Å². The van der Waals surface area contributed by atoms with Crippen molar-refractivity contribution in [3.63, 3.8) is 0 Å². The molecule has 2 aromatic carbocycles. The lowest BCUT2D eigenvalue weighted by Crippen LogP contribution is -2.19. The van der Waals surface area contributed by atoms with E-state index in [-0.39, 0.29) is 5.56 Å². The summed E-state index contributed by atoms with van der Waals surface area (Å²) in [7, 11) is 0. The first kappa shape index (κ1) is 23.0. The fourth-order valence-electron chi connectivity index (χ4n) is 4.20. The summed E-state index contributed by atoms with van der Waals surface area (Å²) in [6, 6.07) is 9.07. The summed E-state index contributed by atoms with van der Waals surface area (Å²) in [5.41, 5.74) is 1.86. The van der Waals surface area contributed by atoms with Crippen LogP contribution in [0.5, 0.6) is 5.75 Å². The summed E-state index contributed by atoms with van der Waals surface area (Å²) in [4.78, 5) is 0. The number of hydrogen-bond donors (Lipinski definition) is 0. The average Bonchev–Trinajstić information content (AvgIpc) is 2.74. The molecule has 0 bridgehead atoms. The molecule has 0 spiro atoms. The molecule has 0 unspecified atom stereocenters. The maximum absolute atomic E-state index is 14.0. The molecule has 0 aromatic heterocycles. The first-order chi connectivity index (χ1) is 14.8. The monoisotopic (exact) mass is 436 g/mol. The van der Waals surface area contributed by atoms with Gasteiger partial charge in [0.2, 0.25) is 5.75 Å². The molecule has 0 heterocycles. The van der Waals surface area contributed by atoms with Gasteiger partial charge in [-0.05, 0) is 79.2 Å². The van der Waals surface area contributed by atoms with E-state index >= 15 is 0 Å². The molecule has 1 fully saturated rings. The zero-order valence-corrected chi connectivity index (χ0v) is 17.1. The predicted molar refractivity (Wildman–Crippen MR) is 112 cm³/mol. The zero-order chi connectivity index (χ0) is 22.4. The van der Waals surface area contributed by atoms with Crippen LogP contribution in [0.25, 0.3) is 11.1 Å². The summed E-state index contributed by atoms with van der Waals surface area (Å²) in [5.74, 6) is -3.04. The fraction of sp³-hybridized carbons (Fsp3) is 0.360. The number of halogens is 5. The van der Waals surface area contributed by atoms with E-state index in [1.165, 1.54) is 24.8 Å². The number of allylic oxidation sites excluding steroid dienone is 3. The Morgan fingerprint density at radius 1 is 0.935 bits per heavy atom. The first-order valence-corrected chi connectivity index (χ1v) is 10.4. The van der Waals surface area contributed by atoms with Gasteiger partial charge < -0.3 is 4.74 Å². The molecule has 0 atom stereocenters. The third-order valence-corrected chi connectivity index (χ3v) is 5.79. The Kier molecular flexibility index (Phi) is 7.52. The number of hydrogen-bond acceptors (Lipinski definition) is 1. The molecule has 2 aromatic rings. The standard InChI is InChI=1S/C25H25F5O/c1-2-3-4-5-6-17-7-9-18(10-8-17)19-11-13-20(14-12-19)21-15-22(26)24(23(27)16-21)31-25(28,29)30/h2-4,11-18H,1,5-10H2. The van der Waals surface area contributed by atoms with Crippen LogP contribution in [0.3, 0.4) is 0 Å². The van der Waals surface area contributed by atoms with Crippen LogP contribution in [0.2, 0.25) is 0 Å². The van der Waals surface area contributed by atoms with E-state index < -0.39 is 23.7 Å². The van der Waals surface area contributed by atoms with Crippen molar-refractivity contribution in [2.45, 2.75) is 50.8 Å². The highest BCUT2D eigenvalue weighted by atomic mass is 19.4. The van der Waals surface area contributed by atoms with Crippen LogP contribution in [0.4, 0.5) is 22.0 Å². The molecule has 0 saturated heterocycles. The third-order valence-electron chi connectivity index (χ3n) is 5.79. The normalized spacial score (nSPS) is 19.5. The zero-order valence-electron chi connectivity index (χ0n) is 17.1. The number of ether oxygens (including phenoxy) is 1. The van der Waals surface area contributed by atoms with Gasteiger partial charge in [0.1, 0.15) is 0 Å². The molecule has 3 rings (SSSR count). The van der Waals surface area contributed by atoms with Crippen LogP contribution in [-0.2, 0) is 0 Å². The lowest BCUT2D eigenvalue weighted by atomic mass is 9.77. The minimum absolute atomic E-state index is 0.160. The Bertz CT molecular complexity index is 883. The highest BCUT2D eigenvalue weighted by Crippen LogP contribution is 2.38. The number of alkyl halides is 3. The molecule has 0 radical (unpaired) electrons. The van der Waals surface area contributed by atoms with Gasteiger partial charge in [0.25, 0.3) is 0 Å². The van der Waals surface area contributed by atoms with Crippen LogP contribution in [-0.4, -0.2) is 6.36 Å². The van der Waals surface area contributed by atoms with Crippen molar-refractivity contribution in [1.82, 2.24) is 0 Å². The van der Waals surface area contributed by atoms with Gasteiger partial charge in [-0.2, -0.15) is 0 Å². The van der Waals surface area contributed by atoms with Crippen molar-refractivity contribution in [2.75, 3.05) is 0 Å². The molecule has 6 heteroatoms. The average molecular weight is 436 g/mol. The van der Waals surface area contributed by atoms with Crippen LogP contribution in [0, 0.1) is 17.6 Å². The van der Waals surface area contributed by atoms with Crippen LogP contribution in [0.15, 0.2) is 61.2 Å². The Balaban J connectivity index is 1.63. The van der Waals surface area contributed by atoms with Gasteiger partial charge in [-0.1, -0.05) is 49.1 Å². The van der Waals surface area contributed by atoms with Crippen molar-refractivity contribution < 1.29 is 26.7 Å². The van der Waals surface area contributed by atoms with E-state index in [2.05, 4.69) is 17.4 Å². The summed E-state index contributed by atoms with van der Waals surface area (Å²) in [5, 5.41) is 0. The Morgan fingerprint density at radius 2 is 1.55 bits per heavy atom. The van der Waals surface area contributed by atoms with Gasteiger partial charge in [-0.25, -0.2) is 8.78 Å². The molecule has 1 aliphatic rings. The second-order valence-corrected chi connectivity index (χ2v) is 7.90. The van der Waals surface area contributed by atoms with Gasteiger partial charge in [0, 0.05) is 0 Å². The molecule has 0 aliphatic heterocycles. The molecular weight excluding hydrogens is 411 g/mol. The van der Waals surface area contributed by atoms with Gasteiger partial charge in [0.15, 0.2) is 11.6 Å². The van der Waals surface area contributed by atoms with Gasteiger partial charge in [-0.3, -0.25) is 0 Å². The molecule has 166 valence electrons. The maximum atomic E-state index is 14.0. The SMILES string of the molecule is C=CC=CCCC1CCC(c2ccc(-c3cc(F)c(OC(F)(F)F)c(F)c3)cc2)CC1. The Labute approximate surface area is 179 Å². The summed E-state index contributed by atoms with van der Waals surface area (Å²) in [6.07, 6.45) is 7.53. The number of benzene rings is 2. The van der Waals surface area contributed by atoms with Gasteiger partial charge in [0.05, 0.1) is 0 Å². The second-order valence-electron chi connectivity index (χ2n) is 7.90. The quantitative estimate of drug-likeness (QED) is 0.313. The van der Waals surface area contributed by atoms with Crippen molar-refractivity contribution in [3.8, 4) is 16.9 Å². The molecule has 1 aliphatic carbocycles. The maximum Gasteiger partial charge on any atom is 0.573 e. The Morgan fingerprint density at radius 3 is 2.10 bits per heavy atom. The third kappa shape index (κ3) is 6.42. The van der Waals surface area contributed by atoms with Crippen LogP contribution in [0.1, 0.15) is 50.0 Å². The highest BCUT2D eigenvalue weighted by Gasteiger charge is 2.34. The molecule has 1 nitrogen and oxygen atoms in total. The Hall–Kier alpha value is -2.63. The second kappa shape index (κ2) is 10.1. The topological polar surface area (TPSA) is 9.23 Å². The van der Waals surface area contributed by atoms with E-state index in [1.54, 1.807) is 18.2 Å². The summed E-state index contributed by atoms with van der Waals surface area (Å²) in [6.45, 7) is 3.67. The van der Waals surface area contributed by atoms with Crippen molar-refractivity contribution in [3.05, 3.63) is 78.4 Å². The first-order valence-electron chi connectivity index (χ1n) is 10.4. The van der Waals surface area contributed by atoms with E-state index in [9.17, 15) is 22.0 Å². The summed E-state index contributed by atoms with van der Waals surface area (Å²) < 4.78 is 68.3. The van der Waals surface area contributed by atoms with Crippen molar-refractivity contribution in [1.29, 1.82) is 0 Å². The molecule has 31 heavy (non-hydrogen) atoms. The van der Waals surface area contributed by atoms with E-state index in [0.717, 1.165) is 37.3 Å². The minimum atomic E-state index is -5.16. The molecular formula is C25H25F5O. The molecule has 0 N–H and O–H groups in total. The van der Waals surface area contributed by atoms with E-state index in [1.807, 2.05) is 18.2 Å². The van der Waals surface area contributed by atoms with Gasteiger partial charge >= 0.3 is 6.36 Å². The lowest BCUT2D eigenvalue weighted by molar-refractivity contribution is -0.276. The lowest BCUT2D eigenvalue weighted by Gasteiger charge is -2.28. The van der Waals surface area contributed by atoms with Crippen molar-refractivity contribution in [2.24, 2.45) is 5.92 Å². The van der Waals surface area contributed by atoms with E-state index in [4.69, 9.17) is 0 Å². The van der Waals surface area contributed by atoms with Crippen LogP contribution < -0.4 is 4.74 Å². The van der Waals surface area contributed by atoms with E-state index in [0.29, 0.717) is 11.5 Å². The van der Waals surface area contributed by atoms with Gasteiger partial charge in [-0.15, -0.1) is 13.2 Å². The minimum Gasteiger partial charge on any atom is -0.399 e. The fourth-order valence-corrected chi connectivity index (χ4v) is 4.20. The molecule has 1 saturated carbocycles. The number of rotatable bonds is 7. The van der Waals surface area contributed by atoms with Crippen molar-refractivity contribution >= 4 is 0 Å². The summed E-state index contributed by atoms with van der Waals surface area (Å²) >= 11 is 0. The smallest absolute Gasteiger partial charge is 0.399 e. The highest BCUT2D eigenvalue weighted by molar-refractivity contribution is 5.65. The largest absolute Gasteiger partial charge is 0.573 e.